The minimum Gasteiger partial charge on any atom is -0.493 e. The van der Waals surface area contributed by atoms with E-state index in [4.69, 9.17) is 32.7 Å². The van der Waals surface area contributed by atoms with Crippen molar-refractivity contribution in [2.24, 2.45) is 0 Å². The molecule has 0 N–H and O–H groups in total. The van der Waals surface area contributed by atoms with E-state index < -0.39 is 5.92 Å². The Hall–Kier alpha value is -1.91. The number of amides is 1. The van der Waals surface area contributed by atoms with E-state index in [2.05, 4.69) is 5.32 Å². The van der Waals surface area contributed by atoms with Crippen molar-refractivity contribution in [3.8, 4) is 11.5 Å². The summed E-state index contributed by atoms with van der Waals surface area (Å²) in [6.45, 7) is 0.299. The van der Waals surface area contributed by atoms with E-state index in [-0.39, 0.29) is 5.91 Å². The van der Waals surface area contributed by atoms with Crippen molar-refractivity contribution < 1.29 is 14.3 Å². The molecule has 0 bridgehead atoms. The fourth-order valence-electron chi connectivity index (χ4n) is 2.80. The van der Waals surface area contributed by atoms with Gasteiger partial charge in [0, 0.05) is 15.6 Å². The second kappa shape index (κ2) is 6.30. The maximum absolute atomic E-state index is 12.5. The van der Waals surface area contributed by atoms with Crippen LogP contribution in [0, 0.1) is 0 Å². The average molecular weight is 351 g/mol. The summed E-state index contributed by atoms with van der Waals surface area (Å²) in [5, 5.41) is 4.97. The second-order valence-electron chi connectivity index (χ2n) is 5.13. The van der Waals surface area contributed by atoms with Crippen molar-refractivity contribution in [3.05, 3.63) is 57.1 Å². The lowest BCUT2D eigenvalue weighted by Gasteiger charge is -2.27. The molecule has 1 radical (unpaired) electrons. The first-order valence-electron chi connectivity index (χ1n) is 6.96. The number of benzene rings is 2. The molecule has 1 heterocycles. The van der Waals surface area contributed by atoms with Gasteiger partial charge in [-0.3, -0.25) is 4.79 Å². The van der Waals surface area contributed by atoms with Gasteiger partial charge in [-0.15, -0.1) is 0 Å². The molecule has 1 atom stereocenters. The molecular formula is C17H14Cl2NO3. The van der Waals surface area contributed by atoms with E-state index in [1.165, 1.54) is 0 Å². The van der Waals surface area contributed by atoms with Crippen LogP contribution in [0.5, 0.6) is 11.5 Å². The lowest BCUT2D eigenvalue weighted by Crippen LogP contribution is -2.30. The van der Waals surface area contributed by atoms with Crippen LogP contribution in [0.25, 0.3) is 0 Å². The predicted octanol–water partition coefficient (Wildman–Crippen LogP) is 3.79. The number of nitrogens with zero attached hydrogens (tertiary/aromatic N) is 1. The van der Waals surface area contributed by atoms with Crippen molar-refractivity contribution in [2.75, 3.05) is 14.2 Å². The molecule has 2 aromatic carbocycles. The molecule has 119 valence electrons. The first kappa shape index (κ1) is 16.0. The molecule has 4 nitrogen and oxygen atoms in total. The highest BCUT2D eigenvalue weighted by Crippen LogP contribution is 2.42. The van der Waals surface area contributed by atoms with Crippen molar-refractivity contribution in [2.45, 2.75) is 12.5 Å². The largest absolute Gasteiger partial charge is 0.493 e. The van der Waals surface area contributed by atoms with Gasteiger partial charge in [-0.05, 0) is 35.4 Å². The summed E-state index contributed by atoms with van der Waals surface area (Å²) < 4.78 is 10.7. The zero-order valence-corrected chi connectivity index (χ0v) is 14.1. The van der Waals surface area contributed by atoms with Gasteiger partial charge < -0.3 is 9.47 Å². The van der Waals surface area contributed by atoms with Crippen LogP contribution in [-0.2, 0) is 11.3 Å². The fraction of sp³-hybridized carbons (Fsp3) is 0.235. The number of carbonyl (C=O) groups excluding carboxylic acids is 1. The Bertz CT molecular complexity index is 756. The minimum absolute atomic E-state index is 0.264. The molecule has 23 heavy (non-hydrogen) atoms. The summed E-state index contributed by atoms with van der Waals surface area (Å²) in [5.41, 5.74) is 2.25. The Kier molecular flexibility index (Phi) is 4.37. The fourth-order valence-corrected chi connectivity index (χ4v) is 3.41. The molecular weight excluding hydrogens is 337 g/mol. The van der Waals surface area contributed by atoms with Crippen LogP contribution in [0.15, 0.2) is 30.3 Å². The lowest BCUT2D eigenvalue weighted by molar-refractivity contribution is -0.122. The molecule has 3 rings (SSSR count). The van der Waals surface area contributed by atoms with Crippen LogP contribution in [0.4, 0.5) is 0 Å². The summed E-state index contributed by atoms with van der Waals surface area (Å²) in [7, 11) is 3.12. The summed E-state index contributed by atoms with van der Waals surface area (Å²) >= 11 is 12.6. The maximum Gasteiger partial charge on any atom is 0.253 e. The predicted molar refractivity (Wildman–Crippen MR) is 88.7 cm³/mol. The standard InChI is InChI=1S/C17H14Cl2NO3/c1-22-13-6-9-8-20-17(21)15(10(9)7-14(13)23-2)16-11(18)4-3-5-12(16)19/h3-7,15H,8H2,1-2H3. The number of rotatable bonds is 3. The third kappa shape index (κ3) is 2.73. The molecule has 0 fully saturated rings. The zero-order chi connectivity index (χ0) is 16.6. The van der Waals surface area contributed by atoms with E-state index in [0.29, 0.717) is 33.7 Å². The highest BCUT2D eigenvalue weighted by molar-refractivity contribution is 6.36. The molecule has 0 saturated carbocycles. The van der Waals surface area contributed by atoms with Crippen LogP contribution >= 0.6 is 23.2 Å². The van der Waals surface area contributed by atoms with Gasteiger partial charge in [0.25, 0.3) is 5.91 Å². The van der Waals surface area contributed by atoms with Crippen LogP contribution in [0.3, 0.4) is 0 Å². The van der Waals surface area contributed by atoms with E-state index in [0.717, 1.165) is 11.1 Å². The highest BCUT2D eigenvalue weighted by Gasteiger charge is 2.34. The molecule has 0 aliphatic carbocycles. The SMILES string of the molecule is COc1cc2c(cc1OC)C(c1c(Cl)cccc1Cl)C(=O)[N]C2. The Morgan fingerprint density at radius 2 is 1.70 bits per heavy atom. The number of fused-ring (bicyclic) bond motifs is 1. The Labute approximate surface area is 144 Å². The van der Waals surface area contributed by atoms with Gasteiger partial charge >= 0.3 is 0 Å². The summed E-state index contributed by atoms with van der Waals surface area (Å²) in [6, 6.07) is 8.80. The van der Waals surface area contributed by atoms with Gasteiger partial charge in [0.2, 0.25) is 0 Å². The van der Waals surface area contributed by atoms with E-state index in [1.807, 2.05) is 6.07 Å². The third-order valence-electron chi connectivity index (χ3n) is 3.90. The van der Waals surface area contributed by atoms with Gasteiger partial charge in [0.15, 0.2) is 11.5 Å². The Balaban J connectivity index is 2.23. The van der Waals surface area contributed by atoms with Gasteiger partial charge in [-0.25, -0.2) is 5.32 Å². The van der Waals surface area contributed by atoms with Crippen LogP contribution in [-0.4, -0.2) is 20.1 Å². The van der Waals surface area contributed by atoms with Crippen molar-refractivity contribution in [1.29, 1.82) is 0 Å². The Morgan fingerprint density at radius 3 is 2.30 bits per heavy atom. The summed E-state index contributed by atoms with van der Waals surface area (Å²) in [5.74, 6) is 0.244. The van der Waals surface area contributed by atoms with E-state index in [1.54, 1.807) is 38.5 Å². The second-order valence-corrected chi connectivity index (χ2v) is 5.94. The third-order valence-corrected chi connectivity index (χ3v) is 4.56. The number of methoxy groups -OCH3 is 2. The smallest absolute Gasteiger partial charge is 0.253 e. The number of hydrogen-bond acceptors (Lipinski definition) is 3. The summed E-state index contributed by atoms with van der Waals surface area (Å²) in [4.78, 5) is 12.5. The molecule has 1 unspecified atom stereocenters. The van der Waals surface area contributed by atoms with Gasteiger partial charge in [-0.1, -0.05) is 29.3 Å². The summed E-state index contributed by atoms with van der Waals surface area (Å²) in [6.07, 6.45) is 0. The number of carbonyl (C=O) groups is 1. The van der Waals surface area contributed by atoms with Gasteiger partial charge in [0.05, 0.1) is 26.7 Å². The monoisotopic (exact) mass is 350 g/mol. The first-order valence-corrected chi connectivity index (χ1v) is 7.72. The minimum atomic E-state index is -0.639. The van der Waals surface area contributed by atoms with E-state index >= 15 is 0 Å². The quantitative estimate of drug-likeness (QED) is 0.846. The van der Waals surface area contributed by atoms with Crippen LogP contribution in [0.2, 0.25) is 10.0 Å². The molecule has 0 saturated heterocycles. The molecule has 1 aliphatic rings. The Morgan fingerprint density at radius 1 is 1.09 bits per heavy atom. The molecule has 6 heteroatoms. The topological polar surface area (TPSA) is 49.6 Å². The van der Waals surface area contributed by atoms with Gasteiger partial charge in [0.1, 0.15) is 0 Å². The highest BCUT2D eigenvalue weighted by atomic mass is 35.5. The van der Waals surface area contributed by atoms with Crippen molar-refractivity contribution in [3.63, 3.8) is 0 Å². The number of ether oxygens (including phenoxy) is 2. The van der Waals surface area contributed by atoms with E-state index in [9.17, 15) is 4.79 Å². The van der Waals surface area contributed by atoms with Crippen LogP contribution < -0.4 is 14.8 Å². The first-order chi connectivity index (χ1) is 11.1. The van der Waals surface area contributed by atoms with Gasteiger partial charge in [-0.2, -0.15) is 0 Å². The zero-order valence-electron chi connectivity index (χ0n) is 12.6. The maximum atomic E-state index is 12.5. The molecule has 2 aromatic rings. The number of halogens is 2. The average Bonchev–Trinajstić information content (AvgIpc) is 2.55. The molecule has 0 spiro atoms. The van der Waals surface area contributed by atoms with Crippen molar-refractivity contribution in [1.82, 2.24) is 5.32 Å². The lowest BCUT2D eigenvalue weighted by atomic mass is 9.84. The van der Waals surface area contributed by atoms with Crippen LogP contribution in [0.1, 0.15) is 22.6 Å². The number of hydrogen-bond donors (Lipinski definition) is 0. The normalized spacial score (nSPS) is 16.5. The molecule has 1 amide bonds. The molecule has 0 aromatic heterocycles. The van der Waals surface area contributed by atoms with Crippen molar-refractivity contribution >= 4 is 29.1 Å². The molecule has 1 aliphatic heterocycles.